The molecule has 3 nitrogen and oxygen atoms in total. The maximum atomic E-state index is 8.82. The van der Waals surface area contributed by atoms with Gasteiger partial charge in [-0.05, 0) is 55.0 Å². The minimum Gasteiger partial charge on any atom is -0.402 e. The first-order valence-corrected chi connectivity index (χ1v) is 6.57. The molecule has 2 rings (SSSR count). The molecule has 0 saturated heterocycles. The second kappa shape index (κ2) is 5.73. The van der Waals surface area contributed by atoms with Crippen molar-refractivity contribution in [1.29, 1.82) is 5.26 Å². The molecule has 1 aliphatic carbocycles. The molecule has 1 atom stereocenters. The third-order valence-electron chi connectivity index (χ3n) is 3.64. The van der Waals surface area contributed by atoms with Gasteiger partial charge in [0.2, 0.25) is 0 Å². The Hall–Kier alpha value is -2.05. The quantitative estimate of drug-likeness (QED) is 0.850. The van der Waals surface area contributed by atoms with Crippen molar-refractivity contribution in [3.63, 3.8) is 0 Å². The molecule has 1 aromatic rings. The van der Waals surface area contributed by atoms with E-state index in [1.165, 1.54) is 5.57 Å². The summed E-state index contributed by atoms with van der Waals surface area (Å²) in [6.07, 6.45) is 5.15. The summed E-state index contributed by atoms with van der Waals surface area (Å²) in [5, 5.41) is 8.82. The summed E-state index contributed by atoms with van der Waals surface area (Å²) in [6, 6.07) is 9.31. The van der Waals surface area contributed by atoms with Gasteiger partial charge in [-0.15, -0.1) is 0 Å². The number of hydrogen-bond donors (Lipinski definition) is 2. The van der Waals surface area contributed by atoms with E-state index >= 15 is 0 Å². The third-order valence-corrected chi connectivity index (χ3v) is 3.64. The van der Waals surface area contributed by atoms with Gasteiger partial charge in [-0.25, -0.2) is 0 Å². The lowest BCUT2D eigenvalue weighted by molar-refractivity contribution is 0.702. The van der Waals surface area contributed by atoms with Crippen LogP contribution in [0.4, 0.5) is 0 Å². The lowest BCUT2D eigenvalue weighted by atomic mass is 9.84. The van der Waals surface area contributed by atoms with Crippen LogP contribution >= 0.6 is 0 Å². The Bertz CT molecular complexity index is 559. The average Bonchev–Trinajstić information content (AvgIpc) is 2.46. The first-order valence-electron chi connectivity index (χ1n) is 6.57. The highest BCUT2D eigenvalue weighted by Gasteiger charge is 2.21. The summed E-state index contributed by atoms with van der Waals surface area (Å²) in [6.45, 7) is 2.03. The van der Waals surface area contributed by atoms with Crippen LogP contribution in [0.15, 0.2) is 47.2 Å². The van der Waals surface area contributed by atoms with Crippen molar-refractivity contribution in [2.45, 2.75) is 32.2 Å². The van der Waals surface area contributed by atoms with E-state index in [1.54, 1.807) is 12.1 Å². The Morgan fingerprint density at radius 2 is 1.95 bits per heavy atom. The first kappa shape index (κ1) is 13.4. The molecule has 0 unspecified atom stereocenters. The summed E-state index contributed by atoms with van der Waals surface area (Å²) in [4.78, 5) is 0. The highest BCUT2D eigenvalue weighted by Crippen LogP contribution is 2.34. The number of hydrogen-bond acceptors (Lipinski definition) is 3. The lowest BCUT2D eigenvalue weighted by Crippen LogP contribution is -2.21. The van der Waals surface area contributed by atoms with Crippen molar-refractivity contribution in [1.82, 2.24) is 0 Å². The second-order valence-corrected chi connectivity index (χ2v) is 4.82. The fraction of sp³-hybridized carbons (Fsp3) is 0.312. The number of nitriles is 1. The molecule has 0 radical (unpaired) electrons. The van der Waals surface area contributed by atoms with Gasteiger partial charge in [-0.2, -0.15) is 5.26 Å². The fourth-order valence-electron chi connectivity index (χ4n) is 2.58. The van der Waals surface area contributed by atoms with Gasteiger partial charge < -0.3 is 11.5 Å². The lowest BCUT2D eigenvalue weighted by Gasteiger charge is -2.26. The average molecular weight is 253 g/mol. The molecule has 0 spiro atoms. The van der Waals surface area contributed by atoms with Gasteiger partial charge in [-0.1, -0.05) is 18.2 Å². The van der Waals surface area contributed by atoms with E-state index in [0.29, 0.717) is 5.56 Å². The monoisotopic (exact) mass is 253 g/mol. The van der Waals surface area contributed by atoms with Crippen molar-refractivity contribution in [2.75, 3.05) is 0 Å². The minimum atomic E-state index is -0.209. The first-order chi connectivity index (χ1) is 9.17. The Balaban J connectivity index is 2.36. The summed E-state index contributed by atoms with van der Waals surface area (Å²) >= 11 is 0. The minimum absolute atomic E-state index is 0.209. The van der Waals surface area contributed by atoms with Crippen molar-refractivity contribution < 1.29 is 0 Å². The number of allylic oxidation sites excluding steroid dienone is 2. The van der Waals surface area contributed by atoms with Crippen LogP contribution in [0.1, 0.15) is 43.4 Å². The summed E-state index contributed by atoms with van der Waals surface area (Å²) < 4.78 is 0. The Morgan fingerprint density at radius 3 is 2.53 bits per heavy atom. The van der Waals surface area contributed by atoms with E-state index in [2.05, 4.69) is 12.1 Å². The van der Waals surface area contributed by atoms with Gasteiger partial charge in [0, 0.05) is 5.70 Å². The zero-order chi connectivity index (χ0) is 13.8. The van der Waals surface area contributed by atoms with Crippen LogP contribution in [-0.2, 0) is 0 Å². The van der Waals surface area contributed by atoms with Crippen molar-refractivity contribution in [2.24, 2.45) is 11.5 Å². The van der Waals surface area contributed by atoms with Gasteiger partial charge in [0.15, 0.2) is 0 Å². The van der Waals surface area contributed by atoms with Crippen molar-refractivity contribution >= 4 is 0 Å². The van der Waals surface area contributed by atoms with Crippen molar-refractivity contribution in [3.05, 3.63) is 58.3 Å². The van der Waals surface area contributed by atoms with Crippen LogP contribution in [0.2, 0.25) is 0 Å². The topological polar surface area (TPSA) is 75.8 Å². The van der Waals surface area contributed by atoms with Crippen LogP contribution in [-0.4, -0.2) is 0 Å². The molecule has 1 aliphatic rings. The summed E-state index contributed by atoms with van der Waals surface area (Å²) in [7, 11) is 0. The number of nitrogens with zero attached hydrogens (tertiary/aromatic N) is 1. The van der Waals surface area contributed by atoms with Crippen LogP contribution < -0.4 is 11.5 Å². The van der Waals surface area contributed by atoms with E-state index in [-0.39, 0.29) is 6.04 Å². The predicted octanol–water partition coefficient (Wildman–Crippen LogP) is 2.90. The molecule has 0 saturated carbocycles. The van der Waals surface area contributed by atoms with E-state index < -0.39 is 0 Å². The molecular weight excluding hydrogens is 234 g/mol. The third kappa shape index (κ3) is 2.69. The molecule has 4 N–H and O–H groups in total. The number of nitrogens with two attached hydrogens (primary N) is 2. The molecule has 1 aromatic carbocycles. The largest absolute Gasteiger partial charge is 0.402 e. The highest BCUT2D eigenvalue weighted by atomic mass is 14.7. The molecular formula is C16H19N3. The molecule has 0 fully saturated rings. The second-order valence-electron chi connectivity index (χ2n) is 4.82. The van der Waals surface area contributed by atoms with E-state index in [0.717, 1.165) is 36.1 Å². The maximum Gasteiger partial charge on any atom is 0.0991 e. The van der Waals surface area contributed by atoms with Crippen LogP contribution in [0, 0.1) is 11.3 Å². The Labute approximate surface area is 114 Å². The Morgan fingerprint density at radius 1 is 1.26 bits per heavy atom. The van der Waals surface area contributed by atoms with E-state index in [1.807, 2.05) is 19.1 Å². The fourth-order valence-corrected chi connectivity index (χ4v) is 2.58. The number of rotatable bonds is 2. The van der Waals surface area contributed by atoms with Crippen LogP contribution in [0.25, 0.3) is 0 Å². The van der Waals surface area contributed by atoms with Gasteiger partial charge in [0.1, 0.15) is 0 Å². The zero-order valence-corrected chi connectivity index (χ0v) is 11.2. The molecule has 19 heavy (non-hydrogen) atoms. The standard InChI is InChI=1S/C16H19N3/c1-2-12-4-3-5-14(18)15(12)16(19)13-8-6-11(10-17)7-9-13/h2,6-9,16H,3-5,18-19H2,1H3/t16-/m0/s1. The molecule has 0 aromatic heterocycles. The van der Waals surface area contributed by atoms with Gasteiger partial charge in [0.05, 0.1) is 17.7 Å². The molecule has 98 valence electrons. The molecule has 0 aliphatic heterocycles. The summed E-state index contributed by atoms with van der Waals surface area (Å²) in [5.74, 6) is 0. The molecule has 0 bridgehead atoms. The smallest absolute Gasteiger partial charge is 0.0991 e. The molecule has 3 heteroatoms. The van der Waals surface area contributed by atoms with Gasteiger partial charge >= 0.3 is 0 Å². The van der Waals surface area contributed by atoms with E-state index in [9.17, 15) is 0 Å². The Kier molecular flexibility index (Phi) is 4.03. The zero-order valence-electron chi connectivity index (χ0n) is 11.2. The van der Waals surface area contributed by atoms with Crippen LogP contribution in [0.3, 0.4) is 0 Å². The SMILES string of the molecule is CC=C1CCCC(N)=C1[C@@H](N)c1ccc(C#N)cc1. The normalized spacial score (nSPS) is 19.3. The molecule has 0 heterocycles. The van der Waals surface area contributed by atoms with Gasteiger partial charge in [0.25, 0.3) is 0 Å². The van der Waals surface area contributed by atoms with E-state index in [4.69, 9.17) is 16.7 Å². The molecule has 0 amide bonds. The summed E-state index contributed by atoms with van der Waals surface area (Å²) in [5.41, 5.74) is 17.4. The number of benzene rings is 1. The predicted molar refractivity (Wildman–Crippen MR) is 76.9 cm³/mol. The van der Waals surface area contributed by atoms with Crippen molar-refractivity contribution in [3.8, 4) is 6.07 Å². The van der Waals surface area contributed by atoms with Gasteiger partial charge in [-0.3, -0.25) is 0 Å². The van der Waals surface area contributed by atoms with Crippen LogP contribution in [0.5, 0.6) is 0 Å². The highest BCUT2D eigenvalue weighted by molar-refractivity contribution is 5.45. The maximum absolute atomic E-state index is 8.82.